The van der Waals surface area contributed by atoms with Crippen LogP contribution in [0.5, 0.6) is 5.75 Å². The summed E-state index contributed by atoms with van der Waals surface area (Å²) >= 11 is 0. The second kappa shape index (κ2) is 13.3. The Kier molecular flexibility index (Phi) is 9.12. The van der Waals surface area contributed by atoms with Crippen molar-refractivity contribution in [3.05, 3.63) is 131 Å². The van der Waals surface area contributed by atoms with Crippen LogP contribution in [0, 0.1) is 0 Å². The fraction of sp³-hybridized carbons (Fsp3) is 0.257. The van der Waals surface area contributed by atoms with Gasteiger partial charge in [-0.3, -0.25) is 14.5 Å². The number of para-hydroxylation sites is 1. The minimum absolute atomic E-state index is 0.0817. The second-order valence-corrected chi connectivity index (χ2v) is 10.7. The number of nitrogens with one attached hydrogen (secondary N) is 1. The van der Waals surface area contributed by atoms with Gasteiger partial charge in [0, 0.05) is 26.2 Å². The van der Waals surface area contributed by atoms with Gasteiger partial charge in [-0.05, 0) is 46.9 Å². The van der Waals surface area contributed by atoms with E-state index in [4.69, 9.17) is 4.74 Å². The van der Waals surface area contributed by atoms with Gasteiger partial charge in [-0.15, -0.1) is 0 Å². The molecular weight excluding hydrogens is 510 g/mol. The van der Waals surface area contributed by atoms with Crippen LogP contribution < -0.4 is 10.1 Å². The number of piperazine rings is 1. The van der Waals surface area contributed by atoms with Crippen LogP contribution in [0.2, 0.25) is 0 Å². The van der Waals surface area contributed by atoms with E-state index in [9.17, 15) is 9.59 Å². The molecule has 1 aliphatic rings. The first-order valence-electron chi connectivity index (χ1n) is 14.2. The summed E-state index contributed by atoms with van der Waals surface area (Å²) in [5.74, 6) is 0.674. The molecular formula is C35H37N3O3. The van der Waals surface area contributed by atoms with Gasteiger partial charge in [0.25, 0.3) is 11.8 Å². The van der Waals surface area contributed by atoms with E-state index in [1.165, 1.54) is 16.7 Å². The van der Waals surface area contributed by atoms with Crippen molar-refractivity contribution in [1.29, 1.82) is 0 Å². The van der Waals surface area contributed by atoms with Gasteiger partial charge >= 0.3 is 0 Å². The van der Waals surface area contributed by atoms with Crippen molar-refractivity contribution in [2.24, 2.45) is 0 Å². The van der Waals surface area contributed by atoms with E-state index < -0.39 is 0 Å². The lowest BCUT2D eigenvalue weighted by Crippen LogP contribution is -2.50. The van der Waals surface area contributed by atoms with Crippen molar-refractivity contribution < 1.29 is 14.3 Å². The molecule has 1 saturated heterocycles. The molecule has 0 radical (unpaired) electrons. The number of carbonyl (C=O) groups excluding carboxylic acids is 2. The van der Waals surface area contributed by atoms with Crippen LogP contribution in [-0.4, -0.2) is 54.4 Å². The molecule has 2 amide bonds. The normalized spacial score (nSPS) is 13.8. The number of ether oxygens (including phenoxy) is 1. The Hall–Kier alpha value is -4.42. The van der Waals surface area contributed by atoms with Crippen LogP contribution in [0.1, 0.15) is 52.9 Å². The number of amides is 2. The smallest absolute Gasteiger partial charge is 0.262 e. The Morgan fingerprint density at radius 2 is 1.27 bits per heavy atom. The summed E-state index contributed by atoms with van der Waals surface area (Å²) in [5, 5.41) is 2.88. The molecule has 1 N–H and O–H groups in total. The predicted molar refractivity (Wildman–Crippen MR) is 163 cm³/mol. The van der Waals surface area contributed by atoms with Crippen LogP contribution in [-0.2, 0) is 4.79 Å². The van der Waals surface area contributed by atoms with Crippen molar-refractivity contribution in [3.63, 3.8) is 0 Å². The molecule has 1 heterocycles. The Bertz CT molecular complexity index is 1390. The van der Waals surface area contributed by atoms with Crippen molar-refractivity contribution >= 4 is 17.5 Å². The summed E-state index contributed by atoms with van der Waals surface area (Å²) in [4.78, 5) is 30.7. The highest BCUT2D eigenvalue weighted by molar-refractivity contribution is 6.04. The van der Waals surface area contributed by atoms with Crippen LogP contribution >= 0.6 is 0 Å². The zero-order valence-corrected chi connectivity index (χ0v) is 23.7. The van der Waals surface area contributed by atoms with Gasteiger partial charge in [-0.2, -0.15) is 0 Å². The zero-order chi connectivity index (χ0) is 28.6. The zero-order valence-electron chi connectivity index (χ0n) is 23.7. The third kappa shape index (κ3) is 7.02. The first-order chi connectivity index (χ1) is 20.0. The Morgan fingerprint density at radius 3 is 1.85 bits per heavy atom. The van der Waals surface area contributed by atoms with Crippen LogP contribution in [0.4, 0.5) is 5.69 Å². The highest BCUT2D eigenvalue weighted by Crippen LogP contribution is 2.30. The number of anilines is 1. The molecule has 4 aromatic carbocycles. The van der Waals surface area contributed by atoms with Crippen molar-refractivity contribution in [3.8, 4) is 5.75 Å². The maximum absolute atomic E-state index is 13.6. The number of rotatable bonds is 9. The molecule has 0 unspecified atom stereocenters. The predicted octanol–water partition coefficient (Wildman–Crippen LogP) is 6.37. The quantitative estimate of drug-likeness (QED) is 0.264. The molecule has 5 rings (SSSR count). The molecule has 6 nitrogen and oxygen atoms in total. The van der Waals surface area contributed by atoms with Crippen molar-refractivity contribution in [2.75, 3.05) is 38.1 Å². The molecule has 0 bridgehead atoms. The van der Waals surface area contributed by atoms with Gasteiger partial charge in [-0.1, -0.05) is 98.8 Å². The monoisotopic (exact) mass is 547 g/mol. The van der Waals surface area contributed by atoms with Gasteiger partial charge in [0.15, 0.2) is 6.61 Å². The van der Waals surface area contributed by atoms with Gasteiger partial charge in [0.2, 0.25) is 0 Å². The molecule has 4 aromatic rings. The molecule has 6 heteroatoms. The van der Waals surface area contributed by atoms with E-state index in [0.717, 1.165) is 13.1 Å². The molecule has 1 aliphatic heterocycles. The van der Waals surface area contributed by atoms with Crippen LogP contribution in [0.15, 0.2) is 109 Å². The highest BCUT2D eigenvalue weighted by Gasteiger charge is 2.29. The SMILES string of the molecule is CC(C)c1ccc(OCC(=O)Nc2ccccc2C(=O)N2CCN(C(c3ccccc3)c3ccccc3)CC2)cc1. The number of nitrogens with zero attached hydrogens (tertiary/aromatic N) is 2. The molecule has 1 fully saturated rings. The average molecular weight is 548 g/mol. The lowest BCUT2D eigenvalue weighted by Gasteiger charge is -2.40. The summed E-state index contributed by atoms with van der Waals surface area (Å²) in [6, 6.07) is 36.1. The Labute approximate surface area is 242 Å². The van der Waals surface area contributed by atoms with E-state index in [-0.39, 0.29) is 24.5 Å². The molecule has 210 valence electrons. The second-order valence-electron chi connectivity index (χ2n) is 10.7. The molecule has 0 aliphatic carbocycles. The van der Waals surface area contributed by atoms with Gasteiger partial charge in [-0.25, -0.2) is 0 Å². The number of carbonyl (C=O) groups is 2. The molecule has 0 saturated carbocycles. The maximum atomic E-state index is 13.6. The van der Waals surface area contributed by atoms with Crippen LogP contribution in [0.3, 0.4) is 0 Å². The fourth-order valence-corrected chi connectivity index (χ4v) is 5.30. The largest absolute Gasteiger partial charge is 0.484 e. The third-order valence-corrected chi connectivity index (χ3v) is 7.55. The van der Waals surface area contributed by atoms with Crippen LogP contribution in [0.25, 0.3) is 0 Å². The van der Waals surface area contributed by atoms with E-state index in [1.54, 1.807) is 12.1 Å². The van der Waals surface area contributed by atoms with E-state index >= 15 is 0 Å². The maximum Gasteiger partial charge on any atom is 0.262 e. The summed E-state index contributed by atoms with van der Waals surface area (Å²) in [6.45, 7) is 6.83. The number of benzene rings is 4. The first kappa shape index (κ1) is 28.1. The minimum Gasteiger partial charge on any atom is -0.484 e. The average Bonchev–Trinajstić information content (AvgIpc) is 3.02. The summed E-state index contributed by atoms with van der Waals surface area (Å²) < 4.78 is 5.69. The highest BCUT2D eigenvalue weighted by atomic mass is 16.5. The molecule has 0 aromatic heterocycles. The van der Waals surface area contributed by atoms with Crippen molar-refractivity contribution in [2.45, 2.75) is 25.8 Å². The first-order valence-corrected chi connectivity index (χ1v) is 14.2. The fourth-order valence-electron chi connectivity index (χ4n) is 5.30. The minimum atomic E-state index is -0.309. The summed E-state index contributed by atoms with van der Waals surface area (Å²) in [5.41, 5.74) is 4.67. The summed E-state index contributed by atoms with van der Waals surface area (Å²) in [6.07, 6.45) is 0. The molecule has 41 heavy (non-hydrogen) atoms. The lowest BCUT2D eigenvalue weighted by molar-refractivity contribution is -0.118. The molecule has 0 atom stereocenters. The van der Waals surface area contributed by atoms with Gasteiger partial charge in [0.05, 0.1) is 17.3 Å². The van der Waals surface area contributed by atoms with Gasteiger partial charge < -0.3 is 15.0 Å². The lowest BCUT2D eigenvalue weighted by atomic mass is 9.96. The molecule has 0 spiro atoms. The third-order valence-electron chi connectivity index (χ3n) is 7.55. The topological polar surface area (TPSA) is 61.9 Å². The Balaban J connectivity index is 1.21. The Morgan fingerprint density at radius 1 is 0.707 bits per heavy atom. The summed E-state index contributed by atoms with van der Waals surface area (Å²) in [7, 11) is 0. The number of hydrogen-bond donors (Lipinski definition) is 1. The van der Waals surface area contributed by atoms with Crippen molar-refractivity contribution in [1.82, 2.24) is 9.80 Å². The van der Waals surface area contributed by atoms with E-state index in [1.807, 2.05) is 53.4 Å². The van der Waals surface area contributed by atoms with E-state index in [2.05, 4.69) is 72.6 Å². The van der Waals surface area contributed by atoms with Gasteiger partial charge in [0.1, 0.15) is 5.75 Å². The standard InChI is InChI=1S/C35H37N3O3/c1-26(2)27-17-19-30(20-18-27)41-25-33(39)36-32-16-10-9-15-31(32)35(40)38-23-21-37(22-24-38)34(28-11-5-3-6-12-28)29-13-7-4-8-14-29/h3-20,26,34H,21-25H2,1-2H3,(H,36,39). The number of hydrogen-bond acceptors (Lipinski definition) is 4. The van der Waals surface area contributed by atoms with E-state index in [0.29, 0.717) is 36.0 Å².